The van der Waals surface area contributed by atoms with E-state index in [2.05, 4.69) is 40.8 Å². The first-order valence-corrected chi connectivity index (χ1v) is 7.48. The molecule has 0 radical (unpaired) electrons. The first-order chi connectivity index (χ1) is 10.7. The second-order valence-electron chi connectivity index (χ2n) is 6.31. The first kappa shape index (κ1) is 13.2. The highest BCUT2D eigenvalue weighted by Crippen LogP contribution is 2.47. The van der Waals surface area contributed by atoms with Crippen LogP contribution in [0.5, 0.6) is 0 Å². The predicted octanol–water partition coefficient (Wildman–Crippen LogP) is 2.61. The summed E-state index contributed by atoms with van der Waals surface area (Å²) in [4.78, 5) is 15.7. The molecule has 4 rings (SSSR count). The van der Waals surface area contributed by atoms with E-state index in [0.717, 1.165) is 17.3 Å². The van der Waals surface area contributed by atoms with E-state index in [1.165, 1.54) is 0 Å². The van der Waals surface area contributed by atoms with Crippen molar-refractivity contribution in [2.75, 3.05) is 11.5 Å². The SMILES string of the molecule is CC1(C)COC([C@@H]2[C@H](c3ccccn3)N2c2cccnc2)=N1. The van der Waals surface area contributed by atoms with Gasteiger partial charge in [-0.25, -0.2) is 4.99 Å². The Labute approximate surface area is 129 Å². The van der Waals surface area contributed by atoms with E-state index in [0.29, 0.717) is 6.61 Å². The maximum Gasteiger partial charge on any atom is 0.210 e. The molecule has 0 aromatic carbocycles. The minimum Gasteiger partial charge on any atom is -0.477 e. The molecule has 5 heteroatoms. The summed E-state index contributed by atoms with van der Waals surface area (Å²) in [6.45, 7) is 4.81. The van der Waals surface area contributed by atoms with Gasteiger partial charge >= 0.3 is 0 Å². The Balaban J connectivity index is 1.70. The molecule has 1 saturated heterocycles. The number of anilines is 1. The van der Waals surface area contributed by atoms with E-state index < -0.39 is 0 Å². The molecule has 0 unspecified atom stereocenters. The molecule has 4 heterocycles. The van der Waals surface area contributed by atoms with E-state index in [4.69, 9.17) is 9.73 Å². The Morgan fingerprint density at radius 2 is 2.05 bits per heavy atom. The van der Waals surface area contributed by atoms with Crippen LogP contribution in [0.15, 0.2) is 53.9 Å². The summed E-state index contributed by atoms with van der Waals surface area (Å²) >= 11 is 0. The van der Waals surface area contributed by atoms with E-state index >= 15 is 0 Å². The monoisotopic (exact) mass is 294 g/mol. The number of ether oxygens (including phenoxy) is 1. The Bertz CT molecular complexity index is 654. The Morgan fingerprint density at radius 1 is 1.14 bits per heavy atom. The lowest BCUT2D eigenvalue weighted by Gasteiger charge is -2.07. The largest absolute Gasteiger partial charge is 0.477 e. The maximum absolute atomic E-state index is 5.86. The van der Waals surface area contributed by atoms with E-state index in [-0.39, 0.29) is 17.6 Å². The standard InChI is InChI=1S/C17H18N4O/c1-17(2)11-22-16(20-17)15-14(13-7-3-4-9-19-13)21(15)12-6-5-8-18-10-12/h3-10,14-15H,11H2,1-2H3/t14-,15-,21?/m0/s1. The molecule has 2 atom stereocenters. The van der Waals surface area contributed by atoms with Crippen molar-refractivity contribution >= 4 is 11.6 Å². The molecule has 0 bridgehead atoms. The highest BCUT2D eigenvalue weighted by molar-refractivity contribution is 5.93. The maximum atomic E-state index is 5.86. The van der Waals surface area contributed by atoms with Crippen molar-refractivity contribution in [3.05, 3.63) is 54.6 Å². The molecule has 5 nitrogen and oxygen atoms in total. The average Bonchev–Trinajstić information content (AvgIpc) is 3.19. The lowest BCUT2D eigenvalue weighted by atomic mass is 10.1. The van der Waals surface area contributed by atoms with Gasteiger partial charge in [-0.15, -0.1) is 0 Å². The summed E-state index contributed by atoms with van der Waals surface area (Å²) in [5.41, 5.74) is 1.96. The molecule has 2 aromatic heterocycles. The summed E-state index contributed by atoms with van der Waals surface area (Å²) in [6, 6.07) is 10.3. The van der Waals surface area contributed by atoms with Crippen LogP contribution >= 0.6 is 0 Å². The molecule has 22 heavy (non-hydrogen) atoms. The van der Waals surface area contributed by atoms with Crippen LogP contribution in [0.2, 0.25) is 0 Å². The van der Waals surface area contributed by atoms with Gasteiger partial charge in [0.15, 0.2) is 0 Å². The number of pyridine rings is 2. The van der Waals surface area contributed by atoms with E-state index in [1.54, 1.807) is 6.20 Å². The van der Waals surface area contributed by atoms with Crippen molar-refractivity contribution in [1.82, 2.24) is 9.97 Å². The number of aromatic nitrogens is 2. The fourth-order valence-corrected chi connectivity index (χ4v) is 2.93. The van der Waals surface area contributed by atoms with E-state index in [9.17, 15) is 0 Å². The second-order valence-corrected chi connectivity index (χ2v) is 6.31. The lowest BCUT2D eigenvalue weighted by molar-refractivity contribution is 0.275. The number of hydrogen-bond acceptors (Lipinski definition) is 5. The third-order valence-electron chi connectivity index (χ3n) is 3.98. The molecule has 112 valence electrons. The smallest absolute Gasteiger partial charge is 0.210 e. The molecular formula is C17H18N4O. The third kappa shape index (κ3) is 2.22. The summed E-state index contributed by atoms with van der Waals surface area (Å²) in [5, 5.41) is 0. The van der Waals surface area contributed by atoms with Crippen molar-refractivity contribution < 1.29 is 4.74 Å². The van der Waals surface area contributed by atoms with Crippen molar-refractivity contribution in [3.8, 4) is 0 Å². The third-order valence-corrected chi connectivity index (χ3v) is 3.98. The summed E-state index contributed by atoms with van der Waals surface area (Å²) in [7, 11) is 0. The van der Waals surface area contributed by atoms with Crippen LogP contribution in [-0.2, 0) is 4.74 Å². The van der Waals surface area contributed by atoms with Gasteiger partial charge in [0.2, 0.25) is 5.90 Å². The molecule has 0 amide bonds. The summed E-state index contributed by atoms with van der Waals surface area (Å²) in [5.74, 6) is 0.810. The zero-order chi connectivity index (χ0) is 15.2. The number of aliphatic imine (C=N–C) groups is 1. The van der Waals surface area contributed by atoms with Crippen molar-refractivity contribution in [1.29, 1.82) is 0 Å². The zero-order valence-corrected chi connectivity index (χ0v) is 12.7. The van der Waals surface area contributed by atoms with Crippen molar-refractivity contribution in [2.24, 2.45) is 4.99 Å². The molecule has 0 spiro atoms. The first-order valence-electron chi connectivity index (χ1n) is 7.48. The molecule has 2 aliphatic rings. The van der Waals surface area contributed by atoms with Gasteiger partial charge < -0.3 is 9.64 Å². The minimum atomic E-state index is -0.146. The zero-order valence-electron chi connectivity index (χ0n) is 12.7. The predicted molar refractivity (Wildman–Crippen MR) is 84.9 cm³/mol. The minimum absolute atomic E-state index is 0.112. The lowest BCUT2D eigenvalue weighted by Crippen LogP contribution is -2.17. The molecule has 0 N–H and O–H groups in total. The van der Waals surface area contributed by atoms with Gasteiger partial charge in [0.1, 0.15) is 18.7 Å². The van der Waals surface area contributed by atoms with Gasteiger partial charge in [-0.2, -0.15) is 0 Å². The summed E-state index contributed by atoms with van der Waals surface area (Å²) < 4.78 is 5.86. The van der Waals surface area contributed by atoms with Gasteiger partial charge in [0, 0.05) is 12.4 Å². The van der Waals surface area contributed by atoms with Crippen LogP contribution in [0.4, 0.5) is 5.69 Å². The normalized spacial score (nSPS) is 25.5. The summed E-state index contributed by atoms with van der Waals surface area (Å²) in [6.07, 6.45) is 5.48. The highest BCUT2D eigenvalue weighted by atomic mass is 16.5. The average molecular weight is 294 g/mol. The fraction of sp³-hybridized carbons (Fsp3) is 0.353. The molecular weight excluding hydrogens is 276 g/mol. The van der Waals surface area contributed by atoms with Crippen LogP contribution in [-0.4, -0.2) is 34.1 Å². The molecule has 0 saturated carbocycles. The Kier molecular flexibility index (Phi) is 2.89. The fourth-order valence-electron chi connectivity index (χ4n) is 2.93. The molecule has 2 aliphatic heterocycles. The Morgan fingerprint density at radius 3 is 2.68 bits per heavy atom. The van der Waals surface area contributed by atoms with Gasteiger partial charge in [0.05, 0.1) is 23.1 Å². The molecule has 1 fully saturated rings. The van der Waals surface area contributed by atoms with Crippen LogP contribution in [0.3, 0.4) is 0 Å². The molecule has 0 aliphatic carbocycles. The van der Waals surface area contributed by atoms with Gasteiger partial charge in [-0.1, -0.05) is 6.07 Å². The van der Waals surface area contributed by atoms with Gasteiger partial charge in [-0.3, -0.25) is 9.97 Å². The quantitative estimate of drug-likeness (QED) is 0.817. The topological polar surface area (TPSA) is 50.4 Å². The van der Waals surface area contributed by atoms with Gasteiger partial charge in [-0.05, 0) is 38.1 Å². The van der Waals surface area contributed by atoms with E-state index in [1.807, 2.05) is 30.6 Å². The molecule has 2 aromatic rings. The number of rotatable bonds is 3. The number of nitrogens with zero attached hydrogens (tertiary/aromatic N) is 4. The highest BCUT2D eigenvalue weighted by Gasteiger charge is 2.55. The van der Waals surface area contributed by atoms with Crippen LogP contribution in [0.1, 0.15) is 25.6 Å². The van der Waals surface area contributed by atoms with Crippen LogP contribution in [0, 0.1) is 0 Å². The second kappa shape index (κ2) is 4.80. The van der Waals surface area contributed by atoms with Crippen LogP contribution < -0.4 is 4.90 Å². The number of hydrogen-bond donors (Lipinski definition) is 0. The Hall–Kier alpha value is -2.43. The van der Waals surface area contributed by atoms with Crippen molar-refractivity contribution in [2.45, 2.75) is 31.5 Å². The van der Waals surface area contributed by atoms with Crippen LogP contribution in [0.25, 0.3) is 0 Å². The van der Waals surface area contributed by atoms with Crippen molar-refractivity contribution in [3.63, 3.8) is 0 Å². The van der Waals surface area contributed by atoms with Gasteiger partial charge in [0.25, 0.3) is 0 Å².